The van der Waals surface area contributed by atoms with Crippen molar-refractivity contribution in [3.05, 3.63) is 57.5 Å². The fourth-order valence-electron chi connectivity index (χ4n) is 2.19. The van der Waals surface area contributed by atoms with Gasteiger partial charge in [0.2, 0.25) is 5.89 Å². The Hall–Kier alpha value is -2.72. The second-order valence-electron chi connectivity index (χ2n) is 6.09. The number of anilines is 1. The van der Waals surface area contributed by atoms with Gasteiger partial charge in [-0.25, -0.2) is 0 Å². The van der Waals surface area contributed by atoms with E-state index in [-0.39, 0.29) is 12.1 Å². The number of benzene rings is 2. The van der Waals surface area contributed by atoms with Gasteiger partial charge in [-0.2, -0.15) is 4.98 Å². The summed E-state index contributed by atoms with van der Waals surface area (Å²) in [7, 11) is 0. The summed E-state index contributed by atoms with van der Waals surface area (Å²) in [4.78, 5) is 4.25. The highest BCUT2D eigenvalue weighted by atomic mass is 79.9. The Morgan fingerprint density at radius 3 is 2.03 bits per heavy atom. The zero-order valence-corrected chi connectivity index (χ0v) is 18.8. The van der Waals surface area contributed by atoms with Crippen LogP contribution < -0.4 is 10.5 Å². The van der Waals surface area contributed by atoms with Gasteiger partial charge in [-0.05, 0) is 50.2 Å². The molecule has 0 fully saturated rings. The molecule has 8 nitrogen and oxygen atoms in total. The number of aromatic amines is 1. The van der Waals surface area contributed by atoms with E-state index in [4.69, 9.17) is 14.9 Å². The predicted molar refractivity (Wildman–Crippen MR) is 117 cm³/mol. The molecule has 0 aliphatic carbocycles. The van der Waals surface area contributed by atoms with Crippen molar-refractivity contribution in [3.8, 4) is 28.9 Å². The van der Waals surface area contributed by atoms with Crippen LogP contribution in [-0.4, -0.2) is 31.5 Å². The number of rotatable bonds is 4. The minimum atomic E-state index is 0.0774. The van der Waals surface area contributed by atoms with Crippen molar-refractivity contribution in [2.75, 3.05) is 5.73 Å². The van der Waals surface area contributed by atoms with Gasteiger partial charge < -0.3 is 14.9 Å². The van der Waals surface area contributed by atoms with E-state index >= 15 is 0 Å². The Morgan fingerprint density at radius 1 is 0.931 bits per heavy atom. The molecule has 29 heavy (non-hydrogen) atoms. The van der Waals surface area contributed by atoms with E-state index in [1.807, 2.05) is 62.4 Å². The monoisotopic (exact) mass is 520 g/mol. The van der Waals surface area contributed by atoms with Crippen molar-refractivity contribution < 1.29 is 9.15 Å². The first-order valence-electron chi connectivity index (χ1n) is 8.60. The van der Waals surface area contributed by atoms with E-state index in [0.29, 0.717) is 17.7 Å². The molecule has 2 heterocycles. The second-order valence-corrected chi connectivity index (χ2v) is 7.92. The molecule has 3 N–H and O–H groups in total. The van der Waals surface area contributed by atoms with Crippen LogP contribution in [0, 0.1) is 0 Å². The number of nitrogens with one attached hydrogen (secondary N) is 1. The molecule has 0 atom stereocenters. The number of H-pyrrole nitrogens is 1. The molecule has 0 spiro atoms. The average Bonchev–Trinajstić information content (AvgIpc) is 3.32. The van der Waals surface area contributed by atoms with Gasteiger partial charge in [0.15, 0.2) is 5.82 Å². The van der Waals surface area contributed by atoms with Crippen LogP contribution in [0.25, 0.3) is 22.8 Å². The summed E-state index contributed by atoms with van der Waals surface area (Å²) in [5.74, 6) is 1.15. The molecule has 0 bridgehead atoms. The van der Waals surface area contributed by atoms with E-state index in [9.17, 15) is 0 Å². The van der Waals surface area contributed by atoms with Gasteiger partial charge in [-0.1, -0.05) is 49.1 Å². The molecule has 0 radical (unpaired) electrons. The molecular weight excluding hydrogens is 504 g/mol. The van der Waals surface area contributed by atoms with Crippen molar-refractivity contribution in [3.63, 3.8) is 0 Å². The van der Waals surface area contributed by atoms with Crippen LogP contribution in [0.15, 0.2) is 61.9 Å². The number of halogens is 2. The number of hydrogen-bond acceptors (Lipinski definition) is 7. The molecule has 2 aromatic carbocycles. The molecule has 0 saturated heterocycles. The molecule has 2 aromatic heterocycles. The Kier molecular flexibility index (Phi) is 6.99. The first-order chi connectivity index (χ1) is 13.9. The smallest absolute Gasteiger partial charge is 0.336 e. The van der Waals surface area contributed by atoms with Gasteiger partial charge in [0.1, 0.15) is 0 Å². The zero-order valence-electron chi connectivity index (χ0n) is 15.6. The van der Waals surface area contributed by atoms with Crippen molar-refractivity contribution in [2.45, 2.75) is 20.0 Å². The molecule has 0 unspecified atom stereocenters. The first-order valence-corrected chi connectivity index (χ1v) is 10.2. The molecule has 0 amide bonds. The molecule has 0 aliphatic rings. The normalized spacial score (nSPS) is 10.5. The fourth-order valence-corrected chi connectivity index (χ4v) is 2.72. The van der Waals surface area contributed by atoms with Crippen LogP contribution in [0.5, 0.6) is 6.01 Å². The van der Waals surface area contributed by atoms with Crippen LogP contribution in [0.2, 0.25) is 0 Å². The van der Waals surface area contributed by atoms with E-state index in [0.717, 1.165) is 20.1 Å². The Labute approximate surface area is 184 Å². The van der Waals surface area contributed by atoms with Crippen LogP contribution in [0.4, 0.5) is 6.01 Å². The van der Waals surface area contributed by atoms with Crippen molar-refractivity contribution >= 4 is 37.9 Å². The first kappa shape index (κ1) is 21.0. The summed E-state index contributed by atoms with van der Waals surface area (Å²) in [5, 5.41) is 14.2. The fraction of sp³-hybridized carbons (Fsp3) is 0.158. The van der Waals surface area contributed by atoms with E-state index in [2.05, 4.69) is 57.2 Å². The summed E-state index contributed by atoms with van der Waals surface area (Å²) < 4.78 is 12.5. The lowest BCUT2D eigenvalue weighted by Crippen LogP contribution is -2.06. The maximum Gasteiger partial charge on any atom is 0.336 e. The summed E-state index contributed by atoms with van der Waals surface area (Å²) in [5.41, 5.74) is 7.13. The van der Waals surface area contributed by atoms with Crippen molar-refractivity contribution in [1.29, 1.82) is 0 Å². The largest absolute Gasteiger partial charge is 0.460 e. The summed E-state index contributed by atoms with van der Waals surface area (Å²) in [6, 6.07) is 15.8. The molecular formula is C19H18Br2N6O2. The number of nitrogens with zero attached hydrogens (tertiary/aromatic N) is 4. The number of hydrogen-bond donors (Lipinski definition) is 2. The molecule has 4 aromatic rings. The van der Waals surface area contributed by atoms with E-state index in [1.54, 1.807) is 0 Å². The molecule has 0 saturated carbocycles. The third-order valence-corrected chi connectivity index (χ3v) is 4.51. The van der Waals surface area contributed by atoms with Gasteiger partial charge in [0.25, 0.3) is 0 Å². The highest BCUT2D eigenvalue weighted by molar-refractivity contribution is 9.10. The van der Waals surface area contributed by atoms with E-state index < -0.39 is 0 Å². The van der Waals surface area contributed by atoms with Gasteiger partial charge in [-0.15, -0.1) is 10.2 Å². The predicted octanol–water partition coefficient (Wildman–Crippen LogP) is 5.10. The minimum absolute atomic E-state index is 0.0774. The van der Waals surface area contributed by atoms with Crippen LogP contribution in [-0.2, 0) is 0 Å². The van der Waals surface area contributed by atoms with Crippen molar-refractivity contribution in [1.82, 2.24) is 25.4 Å². The van der Waals surface area contributed by atoms with Crippen molar-refractivity contribution in [2.24, 2.45) is 0 Å². The lowest BCUT2D eigenvalue weighted by atomic mass is 10.2. The number of ether oxygens (including phenoxy) is 1. The molecule has 4 rings (SSSR count). The lowest BCUT2D eigenvalue weighted by Gasteiger charge is -2.02. The Morgan fingerprint density at radius 2 is 1.52 bits per heavy atom. The second kappa shape index (κ2) is 9.66. The van der Waals surface area contributed by atoms with Gasteiger partial charge >= 0.3 is 12.0 Å². The van der Waals surface area contributed by atoms with Gasteiger partial charge in [0, 0.05) is 20.1 Å². The zero-order chi connectivity index (χ0) is 20.8. The standard InChI is InChI=1S/C11H12BrN3O.C8H6BrN3O/c1-7(2)16-11-13-10(14-15-11)8-3-5-9(12)6-4-8;9-6-3-1-5(2-4-6)7-11-12-8(10)13-7/h3-7H,1-2H3,(H,13,14,15);1-4H,(H2,10,12). The van der Waals surface area contributed by atoms with E-state index in [1.165, 1.54) is 0 Å². The Balaban J connectivity index is 0.000000169. The molecule has 10 heteroatoms. The summed E-state index contributed by atoms with van der Waals surface area (Å²) in [6.45, 7) is 3.88. The highest BCUT2D eigenvalue weighted by Gasteiger charge is 2.07. The topological polar surface area (TPSA) is 116 Å². The van der Waals surface area contributed by atoms with Crippen LogP contribution >= 0.6 is 31.9 Å². The molecule has 150 valence electrons. The number of nitrogen functional groups attached to an aromatic ring is 1. The summed E-state index contributed by atoms with van der Waals surface area (Å²) in [6.07, 6.45) is 0.0774. The quantitative estimate of drug-likeness (QED) is 0.383. The highest BCUT2D eigenvalue weighted by Crippen LogP contribution is 2.21. The van der Waals surface area contributed by atoms with Crippen LogP contribution in [0.3, 0.4) is 0 Å². The van der Waals surface area contributed by atoms with Crippen LogP contribution in [0.1, 0.15) is 13.8 Å². The maximum atomic E-state index is 5.38. The average molecular weight is 522 g/mol. The Bertz CT molecular complexity index is 1050. The minimum Gasteiger partial charge on any atom is -0.460 e. The number of nitrogens with two attached hydrogens (primary N) is 1. The molecule has 0 aliphatic heterocycles. The SMILES string of the molecule is CC(C)Oc1n[nH]c(-c2ccc(Br)cc2)n1.Nc1nnc(-c2ccc(Br)cc2)o1. The number of aromatic nitrogens is 5. The lowest BCUT2D eigenvalue weighted by molar-refractivity contribution is 0.223. The third-order valence-electron chi connectivity index (χ3n) is 3.46. The van der Waals surface area contributed by atoms with Gasteiger partial charge in [-0.3, -0.25) is 5.10 Å². The van der Waals surface area contributed by atoms with Gasteiger partial charge in [0.05, 0.1) is 6.10 Å². The third kappa shape index (κ3) is 6.13. The maximum absolute atomic E-state index is 5.38. The summed E-state index contributed by atoms with van der Waals surface area (Å²) >= 11 is 6.72.